The lowest BCUT2D eigenvalue weighted by Crippen LogP contribution is -2.46. The standard InChI is InChI=1S/C33H38N6O6/c1-17-21-6-3-4-7-23(21)35-28(17)32(44)36-24(9-10-26(40)31(43)34-2)30(42)37-25-8-5-11-39(33(25)45)16-27(41)38-29-20-13-18-12-19(15-20)22(29)14-18/h3-8,11,18-20,22,24,29,35H,9-10,12-16H2,1-2H3,(H,34,43)(H,36,44)(H,37,42)(H,38,41)/t18?,19?,20?,22?,24-,29?/m0/s1. The van der Waals surface area contributed by atoms with Gasteiger partial charge in [-0.25, -0.2) is 0 Å². The highest BCUT2D eigenvalue weighted by atomic mass is 16.2. The lowest BCUT2D eigenvalue weighted by molar-refractivity contribution is -0.137. The van der Waals surface area contributed by atoms with Crippen molar-refractivity contribution in [3.05, 3.63) is 64.2 Å². The van der Waals surface area contributed by atoms with E-state index in [4.69, 9.17) is 0 Å². The number of para-hydroxylation sites is 1. The first-order chi connectivity index (χ1) is 21.6. The van der Waals surface area contributed by atoms with E-state index in [1.807, 2.05) is 24.3 Å². The van der Waals surface area contributed by atoms with Crippen molar-refractivity contribution >= 4 is 46.0 Å². The van der Waals surface area contributed by atoms with Crippen LogP contribution in [0.5, 0.6) is 0 Å². The van der Waals surface area contributed by atoms with Crippen molar-refractivity contribution < 1.29 is 24.0 Å². The van der Waals surface area contributed by atoms with Gasteiger partial charge in [0.15, 0.2) is 0 Å². The Balaban J connectivity index is 1.15. The highest BCUT2D eigenvalue weighted by molar-refractivity contribution is 6.36. The second-order valence-electron chi connectivity index (χ2n) is 12.7. The predicted molar refractivity (Wildman–Crippen MR) is 166 cm³/mol. The van der Waals surface area contributed by atoms with Crippen LogP contribution in [0.15, 0.2) is 47.4 Å². The van der Waals surface area contributed by atoms with E-state index < -0.39 is 35.1 Å². The lowest BCUT2D eigenvalue weighted by atomic mass is 9.79. The number of carbonyl (C=O) groups is 5. The monoisotopic (exact) mass is 614 g/mol. The fourth-order valence-electron chi connectivity index (χ4n) is 7.86. The number of carbonyl (C=O) groups excluding carboxylic acids is 5. The van der Waals surface area contributed by atoms with E-state index in [0.717, 1.165) is 23.2 Å². The van der Waals surface area contributed by atoms with E-state index in [-0.39, 0.29) is 42.7 Å². The van der Waals surface area contributed by atoms with Gasteiger partial charge in [-0.2, -0.15) is 0 Å². The predicted octanol–water partition coefficient (Wildman–Crippen LogP) is 2.02. The van der Waals surface area contributed by atoms with Crippen LogP contribution in [0, 0.1) is 30.6 Å². The number of Topliss-reactive ketones (excluding diaryl/α,β-unsaturated/α-hetero) is 1. The van der Waals surface area contributed by atoms with Crippen LogP contribution < -0.4 is 26.8 Å². The van der Waals surface area contributed by atoms with Crippen molar-refractivity contribution in [2.75, 3.05) is 12.4 Å². The number of benzene rings is 1. The number of rotatable bonds is 11. The van der Waals surface area contributed by atoms with Crippen LogP contribution in [-0.2, 0) is 25.7 Å². The molecule has 4 bridgehead atoms. The van der Waals surface area contributed by atoms with Crippen molar-refractivity contribution in [3.8, 4) is 0 Å². The highest BCUT2D eigenvalue weighted by Crippen LogP contribution is 2.58. The molecule has 0 aliphatic heterocycles. The normalized spacial score (nSPS) is 23.5. The molecule has 7 rings (SSSR count). The van der Waals surface area contributed by atoms with Gasteiger partial charge in [-0.1, -0.05) is 18.2 Å². The Morgan fingerprint density at radius 3 is 2.53 bits per heavy atom. The summed E-state index contributed by atoms with van der Waals surface area (Å²) in [6.07, 6.45) is 5.75. The maximum atomic E-state index is 13.5. The molecule has 4 aliphatic rings. The molecule has 4 aliphatic carbocycles. The molecule has 0 spiro atoms. The molecule has 45 heavy (non-hydrogen) atoms. The number of aromatic amines is 1. The first-order valence-electron chi connectivity index (χ1n) is 15.6. The molecule has 0 saturated heterocycles. The van der Waals surface area contributed by atoms with Gasteiger partial charge in [0.25, 0.3) is 17.4 Å². The quantitative estimate of drug-likeness (QED) is 0.207. The van der Waals surface area contributed by atoms with Crippen LogP contribution in [0.3, 0.4) is 0 Å². The second-order valence-corrected chi connectivity index (χ2v) is 12.7. The summed E-state index contributed by atoms with van der Waals surface area (Å²) < 4.78 is 1.24. The summed E-state index contributed by atoms with van der Waals surface area (Å²) in [6, 6.07) is 9.26. The first kappa shape index (κ1) is 30.3. The number of pyridine rings is 1. The van der Waals surface area contributed by atoms with E-state index in [1.165, 1.54) is 43.1 Å². The van der Waals surface area contributed by atoms with Gasteiger partial charge >= 0.3 is 0 Å². The summed E-state index contributed by atoms with van der Waals surface area (Å²) >= 11 is 0. The van der Waals surface area contributed by atoms with Gasteiger partial charge in [0.1, 0.15) is 24.0 Å². The molecule has 5 N–H and O–H groups in total. The third kappa shape index (κ3) is 6.01. The maximum absolute atomic E-state index is 13.5. The number of aromatic nitrogens is 2. The van der Waals surface area contributed by atoms with Crippen LogP contribution in [-0.4, -0.2) is 58.1 Å². The molecular weight excluding hydrogens is 576 g/mol. The summed E-state index contributed by atoms with van der Waals surface area (Å²) in [4.78, 5) is 80.2. The Hall–Kier alpha value is -4.74. The van der Waals surface area contributed by atoms with Gasteiger partial charge in [-0.3, -0.25) is 28.8 Å². The van der Waals surface area contributed by atoms with E-state index in [9.17, 15) is 28.8 Å². The van der Waals surface area contributed by atoms with E-state index >= 15 is 0 Å². The van der Waals surface area contributed by atoms with Crippen LogP contribution >= 0.6 is 0 Å². The zero-order valence-electron chi connectivity index (χ0n) is 25.4. The van der Waals surface area contributed by atoms with Crippen LogP contribution in [0.25, 0.3) is 10.9 Å². The van der Waals surface area contributed by atoms with Crippen molar-refractivity contribution in [2.24, 2.45) is 23.7 Å². The van der Waals surface area contributed by atoms with Gasteiger partial charge in [0.2, 0.25) is 17.6 Å². The Bertz CT molecular complexity index is 1740. The molecule has 0 radical (unpaired) electrons. The molecule has 12 heteroatoms. The van der Waals surface area contributed by atoms with Gasteiger partial charge < -0.3 is 30.8 Å². The van der Waals surface area contributed by atoms with Gasteiger partial charge in [0, 0.05) is 36.6 Å². The minimum absolute atomic E-state index is 0.0764. The minimum Gasteiger partial charge on any atom is -0.353 e. The number of nitrogens with one attached hydrogen (secondary N) is 5. The van der Waals surface area contributed by atoms with E-state index in [0.29, 0.717) is 23.3 Å². The summed E-state index contributed by atoms with van der Waals surface area (Å²) in [5.41, 5.74) is 1.03. The fourth-order valence-corrected chi connectivity index (χ4v) is 7.86. The number of fused-ring (bicyclic) bond motifs is 1. The van der Waals surface area contributed by atoms with Crippen LogP contribution in [0.4, 0.5) is 5.69 Å². The third-order valence-electron chi connectivity index (χ3n) is 9.93. The van der Waals surface area contributed by atoms with Crippen LogP contribution in [0.2, 0.25) is 0 Å². The highest BCUT2D eigenvalue weighted by Gasteiger charge is 2.54. The molecule has 2 heterocycles. The topological polar surface area (TPSA) is 171 Å². The molecule has 5 unspecified atom stereocenters. The molecular formula is C33H38N6O6. The number of likely N-dealkylation sites (N-methyl/N-ethyl adjacent to an activating group) is 1. The molecule has 12 nitrogen and oxygen atoms in total. The molecule has 2 aromatic heterocycles. The minimum atomic E-state index is -1.25. The molecule has 1 aromatic carbocycles. The van der Waals surface area contributed by atoms with Gasteiger partial charge in [-0.05, 0) is 86.5 Å². The molecule has 3 aromatic rings. The van der Waals surface area contributed by atoms with E-state index in [1.54, 1.807) is 13.0 Å². The average Bonchev–Trinajstić information content (AvgIpc) is 3.60. The Labute approximate surface area is 259 Å². The first-order valence-corrected chi connectivity index (χ1v) is 15.6. The average molecular weight is 615 g/mol. The number of anilines is 1. The summed E-state index contributed by atoms with van der Waals surface area (Å²) in [5.74, 6) is -0.598. The number of H-pyrrole nitrogens is 1. The molecule has 4 fully saturated rings. The van der Waals surface area contributed by atoms with Crippen LogP contribution in [0.1, 0.15) is 54.6 Å². The van der Waals surface area contributed by atoms with Crippen molar-refractivity contribution in [1.82, 2.24) is 25.5 Å². The molecule has 4 amide bonds. The largest absolute Gasteiger partial charge is 0.353 e. The zero-order valence-corrected chi connectivity index (χ0v) is 25.4. The number of hydrogen-bond acceptors (Lipinski definition) is 6. The van der Waals surface area contributed by atoms with Gasteiger partial charge in [-0.15, -0.1) is 0 Å². The van der Waals surface area contributed by atoms with Gasteiger partial charge in [0.05, 0.1) is 0 Å². The summed E-state index contributed by atoms with van der Waals surface area (Å²) in [7, 11) is 1.33. The number of hydrogen-bond donors (Lipinski definition) is 5. The Morgan fingerprint density at radius 2 is 1.78 bits per heavy atom. The molecule has 6 atom stereocenters. The number of amides is 4. The number of ketones is 1. The zero-order chi connectivity index (χ0) is 31.8. The number of nitrogens with zero attached hydrogens (tertiary/aromatic N) is 1. The molecule has 4 saturated carbocycles. The second kappa shape index (κ2) is 12.3. The smallest absolute Gasteiger partial charge is 0.287 e. The van der Waals surface area contributed by atoms with Crippen molar-refractivity contribution in [3.63, 3.8) is 0 Å². The summed E-state index contributed by atoms with van der Waals surface area (Å²) in [6.45, 7) is 1.59. The maximum Gasteiger partial charge on any atom is 0.287 e. The van der Waals surface area contributed by atoms with Crippen molar-refractivity contribution in [1.29, 1.82) is 0 Å². The molecule has 236 valence electrons. The lowest BCUT2D eigenvalue weighted by Gasteiger charge is -2.32. The Morgan fingerprint density at radius 1 is 1.00 bits per heavy atom. The summed E-state index contributed by atoms with van der Waals surface area (Å²) in [5, 5.41) is 11.5. The van der Waals surface area contributed by atoms with E-state index in [2.05, 4.69) is 26.3 Å². The SMILES string of the molecule is CNC(=O)C(=O)CC[C@H](NC(=O)c1[nH]c2ccccc2c1C)C(=O)Nc1cccn(CC(=O)NC2C3CC4CC(C3)C2C4)c1=O. The van der Waals surface area contributed by atoms with Crippen molar-refractivity contribution in [2.45, 2.75) is 64.1 Å². The Kier molecular flexibility index (Phi) is 8.30. The fraction of sp³-hybridized carbons (Fsp3) is 0.455. The number of aryl methyl sites for hydroxylation is 1. The third-order valence-corrected chi connectivity index (χ3v) is 9.93.